The maximum atomic E-state index is 5.86. The lowest BCUT2D eigenvalue weighted by molar-refractivity contribution is 0.198. The molecule has 1 aromatic heterocycles. The molecule has 1 aliphatic rings. The minimum Gasteiger partial charge on any atom is -0.486 e. The zero-order valence-electron chi connectivity index (χ0n) is 13.5. The molecule has 1 aliphatic heterocycles. The van der Waals surface area contributed by atoms with Crippen molar-refractivity contribution in [2.75, 3.05) is 13.2 Å². The van der Waals surface area contributed by atoms with Crippen molar-refractivity contribution in [2.24, 2.45) is 0 Å². The predicted molar refractivity (Wildman–Crippen MR) is 94.7 cm³/mol. The van der Waals surface area contributed by atoms with E-state index in [2.05, 4.69) is 4.98 Å². The Hall–Kier alpha value is -2.73. The van der Waals surface area contributed by atoms with E-state index in [0.717, 1.165) is 10.7 Å². The van der Waals surface area contributed by atoms with Gasteiger partial charge in [-0.25, -0.2) is 4.98 Å². The Kier molecular flexibility index (Phi) is 4.70. The summed E-state index contributed by atoms with van der Waals surface area (Å²) in [5.41, 5.74) is 0.873. The number of benzene rings is 2. The summed E-state index contributed by atoms with van der Waals surface area (Å²) in [6.07, 6.45) is 0. The molecule has 4 rings (SSSR count). The normalized spacial score (nSPS) is 14.2. The van der Waals surface area contributed by atoms with Gasteiger partial charge in [-0.3, -0.25) is 0 Å². The summed E-state index contributed by atoms with van der Waals surface area (Å²) >= 11 is 1.55. The molecule has 0 spiro atoms. The van der Waals surface area contributed by atoms with Crippen molar-refractivity contribution in [3.05, 3.63) is 64.6 Å². The van der Waals surface area contributed by atoms with Crippen LogP contribution in [0.1, 0.15) is 10.7 Å². The standard InChI is InChI=1S/C19H17NO4S/c1-3-7-17-15(5-1)21-9-10-22-16-6-2-4-8-18(16)24-12-19-20-14(11-23-17)13-25-19/h1-8,13H,9-12H2. The number of rotatable bonds is 0. The first-order valence-corrected chi connectivity index (χ1v) is 8.89. The molecule has 0 aliphatic carbocycles. The third-order valence-corrected chi connectivity index (χ3v) is 4.49. The van der Waals surface area contributed by atoms with E-state index in [1.165, 1.54) is 0 Å². The van der Waals surface area contributed by atoms with E-state index < -0.39 is 0 Å². The van der Waals surface area contributed by atoms with Gasteiger partial charge in [-0.15, -0.1) is 11.3 Å². The fraction of sp³-hybridized carbons (Fsp3) is 0.211. The van der Waals surface area contributed by atoms with E-state index in [9.17, 15) is 0 Å². The molecule has 2 aromatic carbocycles. The van der Waals surface area contributed by atoms with E-state index in [1.807, 2.05) is 53.9 Å². The van der Waals surface area contributed by atoms with E-state index in [0.29, 0.717) is 49.4 Å². The second kappa shape index (κ2) is 7.44. The van der Waals surface area contributed by atoms with Gasteiger partial charge in [0, 0.05) is 5.38 Å². The third-order valence-electron chi connectivity index (χ3n) is 3.62. The van der Waals surface area contributed by atoms with Gasteiger partial charge in [-0.05, 0) is 24.3 Å². The predicted octanol–water partition coefficient (Wildman–Crippen LogP) is 4.07. The summed E-state index contributed by atoms with van der Waals surface area (Å²) in [6, 6.07) is 15.2. The van der Waals surface area contributed by atoms with Crippen LogP contribution in [0.4, 0.5) is 0 Å². The van der Waals surface area contributed by atoms with Gasteiger partial charge in [0.1, 0.15) is 31.4 Å². The summed E-state index contributed by atoms with van der Waals surface area (Å²) in [5.74, 6) is 2.79. The van der Waals surface area contributed by atoms with E-state index >= 15 is 0 Å². The Morgan fingerprint density at radius 3 is 1.80 bits per heavy atom. The molecule has 2 bridgehead atoms. The number of para-hydroxylation sites is 4. The molecule has 128 valence electrons. The number of nitrogens with zero attached hydrogens (tertiary/aromatic N) is 1. The Balaban J connectivity index is 1.60. The average molecular weight is 355 g/mol. The molecular formula is C19H17NO4S. The van der Waals surface area contributed by atoms with Crippen molar-refractivity contribution >= 4 is 11.3 Å². The van der Waals surface area contributed by atoms with Crippen LogP contribution < -0.4 is 18.9 Å². The summed E-state index contributed by atoms with van der Waals surface area (Å²) < 4.78 is 23.3. The number of hydrogen-bond donors (Lipinski definition) is 0. The van der Waals surface area contributed by atoms with Gasteiger partial charge in [0.15, 0.2) is 23.0 Å². The van der Waals surface area contributed by atoms with E-state index in [4.69, 9.17) is 18.9 Å². The summed E-state index contributed by atoms with van der Waals surface area (Å²) in [7, 11) is 0. The molecule has 25 heavy (non-hydrogen) atoms. The fourth-order valence-electron chi connectivity index (χ4n) is 2.45. The van der Waals surface area contributed by atoms with Crippen LogP contribution in [0.5, 0.6) is 23.0 Å². The maximum absolute atomic E-state index is 5.86. The Bertz CT molecular complexity index is 781. The van der Waals surface area contributed by atoms with Crippen LogP contribution in [0, 0.1) is 0 Å². The van der Waals surface area contributed by atoms with Crippen molar-refractivity contribution in [3.63, 3.8) is 0 Å². The first-order valence-electron chi connectivity index (χ1n) is 8.01. The molecule has 3 aromatic rings. The quantitative estimate of drug-likeness (QED) is 0.608. The van der Waals surface area contributed by atoms with Gasteiger partial charge in [-0.2, -0.15) is 0 Å². The smallest absolute Gasteiger partial charge is 0.161 e. The molecule has 0 saturated heterocycles. The van der Waals surface area contributed by atoms with Crippen LogP contribution in [0.3, 0.4) is 0 Å². The summed E-state index contributed by atoms with van der Waals surface area (Å²) in [6.45, 7) is 1.62. The SMILES string of the molecule is c1ccc2c(c1)OCCOc1ccccc1OCc1nc(cs1)CO2. The van der Waals surface area contributed by atoms with Crippen molar-refractivity contribution in [1.82, 2.24) is 4.98 Å². The third kappa shape index (κ3) is 3.85. The zero-order chi connectivity index (χ0) is 16.9. The van der Waals surface area contributed by atoms with Gasteiger partial charge in [-0.1, -0.05) is 24.3 Å². The molecule has 2 heterocycles. The molecule has 5 nitrogen and oxygen atoms in total. The monoisotopic (exact) mass is 355 g/mol. The summed E-state index contributed by atoms with van der Waals surface area (Å²) in [5, 5.41) is 2.88. The molecule has 6 heteroatoms. The highest BCUT2D eigenvalue weighted by atomic mass is 32.1. The molecule has 0 saturated carbocycles. The zero-order valence-corrected chi connectivity index (χ0v) is 14.3. The van der Waals surface area contributed by atoms with Gasteiger partial charge in [0.05, 0.1) is 5.69 Å². The van der Waals surface area contributed by atoms with E-state index in [1.54, 1.807) is 11.3 Å². The lowest BCUT2D eigenvalue weighted by atomic mass is 10.3. The number of thiazole rings is 1. The van der Waals surface area contributed by atoms with E-state index in [-0.39, 0.29) is 0 Å². The van der Waals surface area contributed by atoms with Gasteiger partial charge in [0.25, 0.3) is 0 Å². The van der Waals surface area contributed by atoms with Gasteiger partial charge < -0.3 is 18.9 Å². The minimum absolute atomic E-state index is 0.393. The van der Waals surface area contributed by atoms with Crippen molar-refractivity contribution < 1.29 is 18.9 Å². The van der Waals surface area contributed by atoms with Crippen LogP contribution in [0.2, 0.25) is 0 Å². The second-order valence-corrected chi connectivity index (χ2v) is 6.34. The average Bonchev–Trinajstić information content (AvgIpc) is 3.10. The number of fused-ring (bicyclic) bond motifs is 4. The highest BCUT2D eigenvalue weighted by Gasteiger charge is 2.10. The van der Waals surface area contributed by atoms with Crippen molar-refractivity contribution in [3.8, 4) is 23.0 Å². The van der Waals surface area contributed by atoms with Gasteiger partial charge in [0.2, 0.25) is 0 Å². The Morgan fingerprint density at radius 1 is 0.680 bits per heavy atom. The Labute approximate surface area is 149 Å². The van der Waals surface area contributed by atoms with Crippen LogP contribution in [0.15, 0.2) is 53.9 Å². The lowest BCUT2D eigenvalue weighted by Gasteiger charge is -2.14. The lowest BCUT2D eigenvalue weighted by Crippen LogP contribution is -2.10. The number of aromatic nitrogens is 1. The van der Waals surface area contributed by atoms with Crippen molar-refractivity contribution in [1.29, 1.82) is 0 Å². The first kappa shape index (κ1) is 15.8. The highest BCUT2D eigenvalue weighted by Crippen LogP contribution is 2.30. The van der Waals surface area contributed by atoms with Crippen LogP contribution in [-0.2, 0) is 13.2 Å². The van der Waals surface area contributed by atoms with Gasteiger partial charge >= 0.3 is 0 Å². The largest absolute Gasteiger partial charge is 0.486 e. The molecule has 0 unspecified atom stereocenters. The first-order chi connectivity index (χ1) is 12.4. The molecular weight excluding hydrogens is 338 g/mol. The number of ether oxygens (including phenoxy) is 4. The fourth-order valence-corrected chi connectivity index (χ4v) is 3.14. The topological polar surface area (TPSA) is 49.8 Å². The molecule has 0 N–H and O–H groups in total. The molecule has 0 atom stereocenters. The van der Waals surface area contributed by atoms with Crippen LogP contribution in [0.25, 0.3) is 0 Å². The summed E-state index contributed by atoms with van der Waals surface area (Å²) in [4.78, 5) is 4.55. The minimum atomic E-state index is 0.393. The highest BCUT2D eigenvalue weighted by molar-refractivity contribution is 7.09. The van der Waals surface area contributed by atoms with Crippen molar-refractivity contribution in [2.45, 2.75) is 13.2 Å². The van der Waals surface area contributed by atoms with Crippen LogP contribution in [-0.4, -0.2) is 18.2 Å². The number of hydrogen-bond acceptors (Lipinski definition) is 6. The maximum Gasteiger partial charge on any atom is 0.161 e. The molecule has 0 fully saturated rings. The second-order valence-electron chi connectivity index (χ2n) is 5.40. The molecule has 0 amide bonds. The Morgan fingerprint density at radius 2 is 1.20 bits per heavy atom. The molecule has 0 radical (unpaired) electrons. The van der Waals surface area contributed by atoms with Crippen LogP contribution >= 0.6 is 11.3 Å².